The van der Waals surface area contributed by atoms with Crippen LogP contribution in [-0.4, -0.2) is 31.2 Å². The highest BCUT2D eigenvalue weighted by Crippen LogP contribution is 2.20. The van der Waals surface area contributed by atoms with E-state index in [-0.39, 0.29) is 0 Å². The van der Waals surface area contributed by atoms with Crippen LogP contribution >= 0.6 is 0 Å². The van der Waals surface area contributed by atoms with Gasteiger partial charge in [-0.2, -0.15) is 0 Å². The molecule has 4 nitrogen and oxygen atoms in total. The molecule has 21 heavy (non-hydrogen) atoms. The molecule has 4 heteroatoms. The molecule has 1 aliphatic heterocycles. The van der Waals surface area contributed by atoms with E-state index in [1.807, 2.05) is 30.3 Å². The topological polar surface area (TPSA) is 37.4 Å². The third-order valence-corrected chi connectivity index (χ3v) is 3.65. The zero-order valence-electron chi connectivity index (χ0n) is 12.2. The summed E-state index contributed by atoms with van der Waals surface area (Å²) in [4.78, 5) is 6.67. The number of hydrogen-bond acceptors (Lipinski definition) is 4. The van der Waals surface area contributed by atoms with Crippen molar-refractivity contribution in [3.8, 4) is 5.75 Å². The van der Waals surface area contributed by atoms with Gasteiger partial charge in [0.05, 0.1) is 5.69 Å². The van der Waals surface area contributed by atoms with E-state index in [1.165, 1.54) is 12.1 Å². The smallest absolute Gasteiger partial charge is 0.130 e. The number of nitrogens with zero attached hydrogens (tertiary/aromatic N) is 2. The molecule has 0 bridgehead atoms. The standard InChI is InChI=1S/C17H21N3O/c1-2-10-19-15(4-1)14-21-17-7-5-16(6-8-17)20-12-3-9-18-11-13-20/h1-2,4-8,10,18H,3,9,11-14H2. The van der Waals surface area contributed by atoms with Crippen LogP contribution in [0.2, 0.25) is 0 Å². The molecule has 0 atom stereocenters. The van der Waals surface area contributed by atoms with E-state index >= 15 is 0 Å². The summed E-state index contributed by atoms with van der Waals surface area (Å²) in [5.74, 6) is 0.886. The first-order valence-electron chi connectivity index (χ1n) is 7.50. The summed E-state index contributed by atoms with van der Waals surface area (Å²) in [6.07, 6.45) is 2.98. The van der Waals surface area contributed by atoms with Gasteiger partial charge in [0, 0.05) is 31.5 Å². The summed E-state index contributed by atoms with van der Waals surface area (Å²) >= 11 is 0. The summed E-state index contributed by atoms with van der Waals surface area (Å²) in [7, 11) is 0. The lowest BCUT2D eigenvalue weighted by atomic mass is 10.2. The van der Waals surface area contributed by atoms with E-state index in [9.17, 15) is 0 Å². The van der Waals surface area contributed by atoms with Crippen molar-refractivity contribution in [2.24, 2.45) is 0 Å². The molecule has 110 valence electrons. The molecule has 2 aromatic rings. The highest BCUT2D eigenvalue weighted by Gasteiger charge is 2.09. The van der Waals surface area contributed by atoms with Gasteiger partial charge in [-0.1, -0.05) is 6.07 Å². The lowest BCUT2D eigenvalue weighted by Crippen LogP contribution is -2.27. The molecule has 1 aromatic heterocycles. The Hall–Kier alpha value is -2.07. The molecule has 0 amide bonds. The summed E-state index contributed by atoms with van der Waals surface area (Å²) in [5.41, 5.74) is 2.21. The fourth-order valence-corrected chi connectivity index (χ4v) is 2.50. The predicted molar refractivity (Wildman–Crippen MR) is 84.7 cm³/mol. The molecule has 1 N–H and O–H groups in total. The number of anilines is 1. The average Bonchev–Trinajstić information content (AvgIpc) is 2.84. The van der Waals surface area contributed by atoms with Crippen LogP contribution in [0.15, 0.2) is 48.7 Å². The van der Waals surface area contributed by atoms with Crippen LogP contribution in [0.25, 0.3) is 0 Å². The normalized spacial score (nSPS) is 15.5. The molecular weight excluding hydrogens is 262 g/mol. The molecule has 1 fully saturated rings. The molecule has 1 saturated heterocycles. The van der Waals surface area contributed by atoms with Gasteiger partial charge in [0.2, 0.25) is 0 Å². The highest BCUT2D eigenvalue weighted by atomic mass is 16.5. The van der Waals surface area contributed by atoms with Gasteiger partial charge in [0.1, 0.15) is 12.4 Å². The Labute approximate surface area is 125 Å². The quantitative estimate of drug-likeness (QED) is 0.935. The summed E-state index contributed by atoms with van der Waals surface area (Å²) in [5, 5.41) is 3.42. The Morgan fingerprint density at radius 1 is 1.05 bits per heavy atom. The van der Waals surface area contributed by atoms with E-state index in [0.717, 1.165) is 37.6 Å². The minimum Gasteiger partial charge on any atom is -0.487 e. The number of nitrogens with one attached hydrogen (secondary N) is 1. The summed E-state index contributed by atoms with van der Waals surface area (Å²) < 4.78 is 5.77. The van der Waals surface area contributed by atoms with Crippen LogP contribution in [0.4, 0.5) is 5.69 Å². The van der Waals surface area contributed by atoms with E-state index in [1.54, 1.807) is 6.20 Å². The van der Waals surface area contributed by atoms with Crippen molar-refractivity contribution in [1.82, 2.24) is 10.3 Å². The number of aromatic nitrogens is 1. The van der Waals surface area contributed by atoms with Crippen LogP contribution in [-0.2, 0) is 6.61 Å². The minimum absolute atomic E-state index is 0.508. The first kappa shape index (κ1) is 13.9. The van der Waals surface area contributed by atoms with E-state index in [4.69, 9.17) is 4.74 Å². The van der Waals surface area contributed by atoms with Crippen LogP contribution in [0.3, 0.4) is 0 Å². The monoisotopic (exact) mass is 283 g/mol. The lowest BCUT2D eigenvalue weighted by Gasteiger charge is -2.22. The van der Waals surface area contributed by atoms with Crippen LogP contribution < -0.4 is 15.0 Å². The fraction of sp³-hybridized carbons (Fsp3) is 0.353. The zero-order valence-corrected chi connectivity index (χ0v) is 12.2. The molecule has 1 aromatic carbocycles. The molecular formula is C17H21N3O. The van der Waals surface area contributed by atoms with Crippen LogP contribution in [0.1, 0.15) is 12.1 Å². The Kier molecular flexibility index (Phi) is 4.69. The summed E-state index contributed by atoms with van der Waals surface area (Å²) in [6.45, 7) is 4.85. The van der Waals surface area contributed by atoms with E-state index < -0.39 is 0 Å². The molecule has 3 rings (SSSR count). The zero-order chi connectivity index (χ0) is 14.3. The third kappa shape index (κ3) is 3.95. The predicted octanol–water partition coefficient (Wildman–Crippen LogP) is 2.46. The fourth-order valence-electron chi connectivity index (χ4n) is 2.50. The van der Waals surface area contributed by atoms with E-state index in [0.29, 0.717) is 6.61 Å². The highest BCUT2D eigenvalue weighted by molar-refractivity contribution is 5.49. The van der Waals surface area contributed by atoms with Gasteiger partial charge in [-0.15, -0.1) is 0 Å². The number of rotatable bonds is 4. The Morgan fingerprint density at radius 3 is 2.76 bits per heavy atom. The second kappa shape index (κ2) is 7.09. The molecule has 0 unspecified atom stereocenters. The van der Waals surface area contributed by atoms with Gasteiger partial charge in [0.25, 0.3) is 0 Å². The first-order chi connectivity index (χ1) is 10.4. The Balaban J connectivity index is 1.58. The Morgan fingerprint density at radius 2 is 1.95 bits per heavy atom. The SMILES string of the molecule is c1ccc(COc2ccc(N3CCCNCC3)cc2)nc1. The van der Waals surface area contributed by atoms with Crippen molar-refractivity contribution in [3.05, 3.63) is 54.4 Å². The van der Waals surface area contributed by atoms with Crippen LogP contribution in [0, 0.1) is 0 Å². The average molecular weight is 283 g/mol. The molecule has 0 spiro atoms. The van der Waals surface area contributed by atoms with Crippen molar-refractivity contribution in [2.45, 2.75) is 13.0 Å². The second-order valence-corrected chi connectivity index (χ2v) is 5.19. The maximum atomic E-state index is 5.77. The minimum atomic E-state index is 0.508. The van der Waals surface area contributed by atoms with Gasteiger partial charge in [-0.25, -0.2) is 0 Å². The van der Waals surface area contributed by atoms with Crippen molar-refractivity contribution in [3.63, 3.8) is 0 Å². The first-order valence-corrected chi connectivity index (χ1v) is 7.50. The van der Waals surface area contributed by atoms with Crippen molar-refractivity contribution >= 4 is 5.69 Å². The van der Waals surface area contributed by atoms with Crippen molar-refractivity contribution < 1.29 is 4.74 Å². The van der Waals surface area contributed by atoms with Gasteiger partial charge >= 0.3 is 0 Å². The molecule has 0 radical (unpaired) electrons. The maximum Gasteiger partial charge on any atom is 0.130 e. The summed E-state index contributed by atoms with van der Waals surface area (Å²) in [6, 6.07) is 14.2. The number of ether oxygens (including phenoxy) is 1. The van der Waals surface area contributed by atoms with Crippen molar-refractivity contribution in [2.75, 3.05) is 31.1 Å². The van der Waals surface area contributed by atoms with Crippen LogP contribution in [0.5, 0.6) is 5.75 Å². The van der Waals surface area contributed by atoms with Gasteiger partial charge in [-0.05, 0) is 49.4 Å². The maximum absolute atomic E-state index is 5.77. The number of pyridine rings is 1. The molecule has 0 aliphatic carbocycles. The van der Waals surface area contributed by atoms with Gasteiger partial charge in [0.15, 0.2) is 0 Å². The molecule has 0 saturated carbocycles. The van der Waals surface area contributed by atoms with Crippen molar-refractivity contribution in [1.29, 1.82) is 0 Å². The third-order valence-electron chi connectivity index (χ3n) is 3.65. The largest absolute Gasteiger partial charge is 0.487 e. The number of benzene rings is 1. The van der Waals surface area contributed by atoms with Gasteiger partial charge < -0.3 is 15.0 Å². The van der Waals surface area contributed by atoms with E-state index in [2.05, 4.69) is 27.3 Å². The van der Waals surface area contributed by atoms with Gasteiger partial charge in [-0.3, -0.25) is 4.98 Å². The molecule has 1 aliphatic rings. The number of hydrogen-bond donors (Lipinski definition) is 1. The Bertz CT molecular complexity index is 534. The second-order valence-electron chi connectivity index (χ2n) is 5.19. The molecule has 2 heterocycles. The lowest BCUT2D eigenvalue weighted by molar-refractivity contribution is 0.301.